The number of hydrogen-bond acceptors (Lipinski definition) is 7. The minimum absolute atomic E-state index is 0.540. The average molecular weight is 245 g/mol. The van der Waals surface area contributed by atoms with Crippen LogP contribution in [0, 0.1) is 0 Å². The zero-order valence-corrected chi connectivity index (χ0v) is 8.59. The molecule has 1 saturated heterocycles. The summed E-state index contributed by atoms with van der Waals surface area (Å²) in [6.07, 6.45) is -4.37. The minimum atomic E-state index is -1.49. The lowest BCUT2D eigenvalue weighted by molar-refractivity contribution is -0.0591. The molecule has 0 radical (unpaired) electrons. The molecule has 0 aromatic carbocycles. The largest absolute Gasteiger partial charge is 0.423 e. The molecule has 0 amide bonds. The van der Waals surface area contributed by atoms with Gasteiger partial charge in [-0.05, 0) is 0 Å². The molecule has 0 unspecified atom stereocenters. The number of ether oxygens (including phenoxy) is 1. The van der Waals surface area contributed by atoms with Crippen molar-refractivity contribution in [1.29, 1.82) is 0 Å². The van der Waals surface area contributed by atoms with Crippen LogP contribution in [0.3, 0.4) is 0 Å². The number of aliphatic hydroxyl groups excluding tert-OH is 3. The number of rotatable bonds is 2. The van der Waals surface area contributed by atoms with Crippen molar-refractivity contribution < 1.29 is 24.5 Å². The Morgan fingerprint density at radius 3 is 2.53 bits per heavy atom. The lowest BCUT2D eigenvalue weighted by Crippen LogP contribution is -2.40. The fraction of sp³-hybridized carbons (Fsp3) is 0.556. The van der Waals surface area contributed by atoms with Gasteiger partial charge in [-0.2, -0.15) is 0 Å². The number of aromatic nitrogens is 1. The number of nitrogens with zero attached hydrogens (tertiary/aromatic N) is 1. The maximum atomic E-state index is 11.4. The van der Waals surface area contributed by atoms with Gasteiger partial charge in [0.1, 0.15) is 24.6 Å². The molecule has 8 nitrogen and oxygen atoms in total. The Labute approximate surface area is 94.3 Å². The van der Waals surface area contributed by atoms with Crippen LogP contribution in [-0.4, -0.2) is 44.8 Å². The Morgan fingerprint density at radius 2 is 2.00 bits per heavy atom. The molecule has 4 atom stereocenters. The van der Waals surface area contributed by atoms with E-state index in [1.54, 1.807) is 0 Å². The molecule has 0 bridgehead atoms. The van der Waals surface area contributed by atoms with Crippen LogP contribution in [0.4, 0.5) is 0 Å². The summed E-state index contributed by atoms with van der Waals surface area (Å²) in [5.74, 6) is -1.01. The predicted molar refractivity (Wildman–Crippen MR) is 52.2 cm³/mol. The van der Waals surface area contributed by atoms with Gasteiger partial charge in [-0.25, -0.2) is 9.36 Å². The standard InChI is InChI=1S/C9H11NO7/c11-3-4-6(13)7(14)8(17-4)10-5(12)1-2-16-9(10)15/h1-2,4,6-8,11,13-14H,3H2/t4-,6-,7-,8-/m1/s1. The van der Waals surface area contributed by atoms with E-state index in [9.17, 15) is 19.8 Å². The Balaban J connectivity index is 2.42. The molecular formula is C9H11NO7. The summed E-state index contributed by atoms with van der Waals surface area (Å²) in [4.78, 5) is 22.8. The molecule has 2 heterocycles. The summed E-state index contributed by atoms with van der Waals surface area (Å²) >= 11 is 0. The maximum Gasteiger partial charge on any atom is 0.423 e. The van der Waals surface area contributed by atoms with E-state index in [-0.39, 0.29) is 0 Å². The van der Waals surface area contributed by atoms with E-state index in [0.29, 0.717) is 4.57 Å². The second-order valence-electron chi connectivity index (χ2n) is 3.62. The highest BCUT2D eigenvalue weighted by Crippen LogP contribution is 2.27. The van der Waals surface area contributed by atoms with Gasteiger partial charge in [-0.3, -0.25) is 4.79 Å². The second kappa shape index (κ2) is 4.41. The molecule has 8 heteroatoms. The SMILES string of the molecule is O=c1ccoc(=O)n1[C@@H]1O[C@H](CO)[C@@H](O)[C@H]1O. The monoisotopic (exact) mass is 245 g/mol. The van der Waals surface area contributed by atoms with Crippen LogP contribution in [0.1, 0.15) is 6.23 Å². The van der Waals surface area contributed by atoms with E-state index in [1.165, 1.54) is 0 Å². The fourth-order valence-corrected chi connectivity index (χ4v) is 1.70. The summed E-state index contributed by atoms with van der Waals surface area (Å²) in [6.45, 7) is -0.540. The first kappa shape index (κ1) is 12.0. The number of hydrogen-bond donors (Lipinski definition) is 3. The maximum absolute atomic E-state index is 11.4. The van der Waals surface area contributed by atoms with Crippen LogP contribution in [0.15, 0.2) is 26.3 Å². The third kappa shape index (κ3) is 1.91. The van der Waals surface area contributed by atoms with Gasteiger partial charge in [0.2, 0.25) is 0 Å². The zero-order valence-electron chi connectivity index (χ0n) is 8.59. The van der Waals surface area contributed by atoms with E-state index in [2.05, 4.69) is 4.42 Å². The van der Waals surface area contributed by atoms with Crippen molar-refractivity contribution in [3.05, 3.63) is 33.2 Å². The van der Waals surface area contributed by atoms with Crippen molar-refractivity contribution in [3.8, 4) is 0 Å². The molecule has 0 saturated carbocycles. The predicted octanol–water partition coefficient (Wildman–Crippen LogP) is -2.59. The smallest absolute Gasteiger partial charge is 0.418 e. The van der Waals surface area contributed by atoms with Crippen LogP contribution in [0.2, 0.25) is 0 Å². The second-order valence-corrected chi connectivity index (χ2v) is 3.62. The molecule has 2 rings (SSSR count). The van der Waals surface area contributed by atoms with Crippen molar-refractivity contribution in [2.24, 2.45) is 0 Å². The molecule has 1 aliphatic rings. The summed E-state index contributed by atoms with van der Waals surface area (Å²) in [5.41, 5.74) is -0.726. The van der Waals surface area contributed by atoms with E-state index >= 15 is 0 Å². The lowest BCUT2D eigenvalue weighted by atomic mass is 10.1. The van der Waals surface area contributed by atoms with E-state index < -0.39 is 42.5 Å². The first-order valence-electron chi connectivity index (χ1n) is 4.89. The van der Waals surface area contributed by atoms with Crippen LogP contribution in [0.5, 0.6) is 0 Å². The minimum Gasteiger partial charge on any atom is -0.418 e. The van der Waals surface area contributed by atoms with Gasteiger partial charge < -0.3 is 24.5 Å². The third-order valence-electron chi connectivity index (χ3n) is 2.59. The molecule has 0 spiro atoms. The molecule has 1 fully saturated rings. The van der Waals surface area contributed by atoms with Crippen molar-refractivity contribution >= 4 is 0 Å². The quantitative estimate of drug-likeness (QED) is 0.522. The van der Waals surface area contributed by atoms with Crippen LogP contribution < -0.4 is 11.3 Å². The average Bonchev–Trinajstić information content (AvgIpc) is 2.57. The topological polar surface area (TPSA) is 122 Å². The number of aliphatic hydroxyl groups is 3. The lowest BCUT2D eigenvalue weighted by Gasteiger charge is -2.14. The van der Waals surface area contributed by atoms with E-state index in [1.807, 2.05) is 0 Å². The molecule has 94 valence electrons. The van der Waals surface area contributed by atoms with E-state index in [0.717, 1.165) is 12.3 Å². The Hall–Kier alpha value is -1.48. The summed E-state index contributed by atoms with van der Waals surface area (Å²) in [6, 6.07) is 0.982. The van der Waals surface area contributed by atoms with Gasteiger partial charge in [-0.1, -0.05) is 0 Å². The highest BCUT2D eigenvalue weighted by atomic mass is 16.6. The zero-order chi connectivity index (χ0) is 12.6. The highest BCUT2D eigenvalue weighted by molar-refractivity contribution is 4.91. The summed E-state index contributed by atoms with van der Waals surface area (Å²) in [7, 11) is 0. The van der Waals surface area contributed by atoms with Crippen molar-refractivity contribution in [2.45, 2.75) is 24.5 Å². The molecular weight excluding hydrogens is 234 g/mol. The van der Waals surface area contributed by atoms with Crippen LogP contribution in [0.25, 0.3) is 0 Å². The van der Waals surface area contributed by atoms with Gasteiger partial charge in [-0.15, -0.1) is 0 Å². The van der Waals surface area contributed by atoms with E-state index in [4.69, 9.17) is 9.84 Å². The van der Waals surface area contributed by atoms with Crippen molar-refractivity contribution in [1.82, 2.24) is 4.57 Å². The Morgan fingerprint density at radius 1 is 1.29 bits per heavy atom. The van der Waals surface area contributed by atoms with Gasteiger partial charge >= 0.3 is 5.76 Å². The van der Waals surface area contributed by atoms with Crippen LogP contribution in [-0.2, 0) is 4.74 Å². The molecule has 3 N–H and O–H groups in total. The summed E-state index contributed by atoms with van der Waals surface area (Å²) in [5, 5.41) is 28.0. The van der Waals surface area contributed by atoms with Gasteiger partial charge in [0.15, 0.2) is 6.23 Å². The van der Waals surface area contributed by atoms with Gasteiger partial charge in [0.25, 0.3) is 5.56 Å². The first-order chi connectivity index (χ1) is 8.06. The van der Waals surface area contributed by atoms with Crippen molar-refractivity contribution in [2.75, 3.05) is 6.61 Å². The van der Waals surface area contributed by atoms with Crippen molar-refractivity contribution in [3.63, 3.8) is 0 Å². The Kier molecular flexibility index (Phi) is 3.11. The van der Waals surface area contributed by atoms with Gasteiger partial charge in [0, 0.05) is 6.07 Å². The molecule has 1 aromatic rings. The molecule has 17 heavy (non-hydrogen) atoms. The fourth-order valence-electron chi connectivity index (χ4n) is 1.70. The normalized spacial score (nSPS) is 32.9. The molecule has 0 aliphatic carbocycles. The van der Waals surface area contributed by atoms with Crippen LogP contribution >= 0.6 is 0 Å². The Bertz CT molecular complexity index is 478. The molecule has 1 aromatic heterocycles. The first-order valence-corrected chi connectivity index (χ1v) is 4.89. The highest BCUT2D eigenvalue weighted by Gasteiger charge is 2.44. The molecule has 1 aliphatic heterocycles. The van der Waals surface area contributed by atoms with Gasteiger partial charge in [0.05, 0.1) is 6.61 Å². The third-order valence-corrected chi connectivity index (χ3v) is 2.59. The summed E-state index contributed by atoms with van der Waals surface area (Å²) < 4.78 is 10.1.